The Morgan fingerprint density at radius 1 is 1.43 bits per heavy atom. The summed E-state index contributed by atoms with van der Waals surface area (Å²) in [6.45, 7) is 0. The monoisotopic (exact) mass is 216 g/mol. The maximum Gasteiger partial charge on any atom is 0.362 e. The number of rotatable bonds is 4. The number of hydrogen-bond donors (Lipinski definition) is 1. The van der Waals surface area contributed by atoms with Gasteiger partial charge in [0.2, 0.25) is 0 Å². The van der Waals surface area contributed by atoms with E-state index in [1.165, 1.54) is 12.1 Å². The van der Waals surface area contributed by atoms with E-state index in [2.05, 4.69) is 0 Å². The fourth-order valence-electron chi connectivity index (χ4n) is 0.973. The van der Waals surface area contributed by atoms with Gasteiger partial charge in [-0.15, -0.1) is 0 Å². The molecular weight excluding hydrogens is 207 g/mol. The van der Waals surface area contributed by atoms with Gasteiger partial charge in [0.15, 0.2) is 0 Å². The van der Waals surface area contributed by atoms with Gasteiger partial charge in [0.1, 0.15) is 16.9 Å². The second-order valence-electron chi connectivity index (χ2n) is 2.52. The second kappa shape index (κ2) is 4.74. The van der Waals surface area contributed by atoms with Crippen molar-refractivity contribution in [1.29, 1.82) is 0 Å². The van der Waals surface area contributed by atoms with Crippen LogP contribution in [0.3, 0.4) is 0 Å². The van der Waals surface area contributed by atoms with Gasteiger partial charge in [0.05, 0.1) is 0 Å². The molecule has 7 heteroatoms. The van der Waals surface area contributed by atoms with E-state index < -0.39 is 19.3 Å². The van der Waals surface area contributed by atoms with Crippen LogP contribution in [0.2, 0.25) is 0 Å². The highest BCUT2D eigenvalue weighted by Crippen LogP contribution is 2.18. The van der Waals surface area contributed by atoms with Crippen LogP contribution in [0.5, 0.6) is 0 Å². The van der Waals surface area contributed by atoms with Gasteiger partial charge >= 0.3 is 5.03 Å². The number of hydrazine groups is 1. The van der Waals surface area contributed by atoms with E-state index in [0.29, 0.717) is 10.7 Å². The SMILES string of the molecule is O=[N+](O)N(C[PH](=O)[O-])c1ccccc1. The first kappa shape index (κ1) is 10.7. The molecule has 0 aliphatic heterocycles. The van der Waals surface area contributed by atoms with E-state index in [0.717, 1.165) is 0 Å². The third kappa shape index (κ3) is 2.83. The molecule has 0 fully saturated rings. The van der Waals surface area contributed by atoms with Crippen LogP contribution in [0, 0.1) is 4.91 Å². The number of benzene rings is 1. The molecule has 0 amide bonds. The zero-order valence-corrected chi connectivity index (χ0v) is 8.16. The zero-order valence-electron chi connectivity index (χ0n) is 7.16. The predicted molar refractivity (Wildman–Crippen MR) is 48.2 cm³/mol. The van der Waals surface area contributed by atoms with Crippen molar-refractivity contribution >= 4 is 13.7 Å². The minimum absolute atomic E-state index is 0.319. The van der Waals surface area contributed by atoms with Crippen molar-refractivity contribution in [1.82, 2.24) is 0 Å². The molecule has 76 valence electrons. The Morgan fingerprint density at radius 2 is 2.00 bits per heavy atom. The summed E-state index contributed by atoms with van der Waals surface area (Å²) in [5.41, 5.74) is 0.319. The smallest absolute Gasteiger partial charge is 0.362 e. The topological polar surface area (TPSA) is 83.7 Å². The molecular formula is C7H9N2O4P. The molecule has 0 bridgehead atoms. The molecule has 1 aromatic carbocycles. The second-order valence-corrected chi connectivity index (χ2v) is 3.58. The van der Waals surface area contributed by atoms with E-state index in [-0.39, 0.29) is 0 Å². The van der Waals surface area contributed by atoms with E-state index in [9.17, 15) is 14.4 Å². The van der Waals surface area contributed by atoms with Crippen molar-refractivity contribution in [2.45, 2.75) is 0 Å². The molecule has 0 aliphatic carbocycles. The van der Waals surface area contributed by atoms with E-state index in [1.54, 1.807) is 18.2 Å². The lowest BCUT2D eigenvalue weighted by atomic mass is 10.3. The first-order valence-electron chi connectivity index (χ1n) is 3.79. The average Bonchev–Trinajstić information content (AvgIpc) is 2.15. The minimum atomic E-state index is -3.10. The van der Waals surface area contributed by atoms with Crippen LogP contribution >= 0.6 is 8.03 Å². The van der Waals surface area contributed by atoms with Gasteiger partial charge in [-0.3, -0.25) is 0 Å². The molecule has 1 atom stereocenters. The van der Waals surface area contributed by atoms with Gasteiger partial charge in [-0.1, -0.05) is 23.2 Å². The van der Waals surface area contributed by atoms with Gasteiger partial charge in [0, 0.05) is 8.03 Å². The summed E-state index contributed by atoms with van der Waals surface area (Å²) >= 11 is 0. The maximum absolute atomic E-state index is 10.6. The van der Waals surface area contributed by atoms with Crippen LogP contribution in [-0.4, -0.2) is 16.5 Å². The van der Waals surface area contributed by atoms with Crippen molar-refractivity contribution in [2.75, 3.05) is 11.3 Å². The lowest BCUT2D eigenvalue weighted by molar-refractivity contribution is -0.798. The molecule has 1 N–H and O–H groups in total. The van der Waals surface area contributed by atoms with Crippen molar-refractivity contribution < 1.29 is 19.7 Å². The largest absolute Gasteiger partial charge is 0.800 e. The molecule has 0 heterocycles. The van der Waals surface area contributed by atoms with E-state index in [1.807, 2.05) is 0 Å². The summed E-state index contributed by atoms with van der Waals surface area (Å²) in [5.74, 6) is 0. The van der Waals surface area contributed by atoms with Gasteiger partial charge in [-0.25, -0.2) is 5.21 Å². The van der Waals surface area contributed by atoms with Gasteiger partial charge < -0.3 is 9.46 Å². The number of hydrogen-bond acceptors (Lipinski definition) is 3. The quantitative estimate of drug-likeness (QED) is 0.580. The van der Waals surface area contributed by atoms with Crippen LogP contribution in [0.25, 0.3) is 0 Å². The number of para-hydroxylation sites is 1. The molecule has 0 radical (unpaired) electrons. The summed E-state index contributed by atoms with van der Waals surface area (Å²) in [4.78, 5) is 21.1. The Bertz CT molecular complexity index is 343. The van der Waals surface area contributed by atoms with Crippen LogP contribution in [0.4, 0.5) is 5.69 Å². The van der Waals surface area contributed by atoms with Gasteiger partial charge in [0.25, 0.3) is 0 Å². The fourth-order valence-corrected chi connectivity index (χ4v) is 1.52. The van der Waals surface area contributed by atoms with Crippen LogP contribution in [0.15, 0.2) is 30.3 Å². The Hall–Kier alpha value is -1.39. The standard InChI is InChI=1S/C7H9N2O4P/c10-9(11)8(6-14(12)13)7-4-2-1-3-5-7/h1-5,14H,6H2,(H-,10,11,12,13). The van der Waals surface area contributed by atoms with Crippen molar-refractivity contribution in [3.8, 4) is 0 Å². The highest BCUT2D eigenvalue weighted by Gasteiger charge is 2.21. The van der Waals surface area contributed by atoms with Crippen LogP contribution in [0.1, 0.15) is 0 Å². The fraction of sp³-hybridized carbons (Fsp3) is 0.143. The first-order valence-corrected chi connectivity index (χ1v) is 5.32. The summed E-state index contributed by atoms with van der Waals surface area (Å²) in [5, 5.41) is 8.87. The molecule has 0 spiro atoms. The molecule has 14 heavy (non-hydrogen) atoms. The Balaban J connectivity index is 2.89. The number of anilines is 1. The van der Waals surface area contributed by atoms with Crippen LogP contribution < -0.4 is 9.90 Å². The summed E-state index contributed by atoms with van der Waals surface area (Å²) in [6.07, 6.45) is -0.519. The highest BCUT2D eigenvalue weighted by atomic mass is 31.1. The normalized spacial score (nSPS) is 12.1. The van der Waals surface area contributed by atoms with E-state index in [4.69, 9.17) is 5.21 Å². The summed E-state index contributed by atoms with van der Waals surface area (Å²) in [6, 6.07) is 8.02. The zero-order chi connectivity index (χ0) is 10.6. The molecule has 0 aliphatic rings. The third-order valence-electron chi connectivity index (χ3n) is 1.54. The average molecular weight is 216 g/mol. The molecule has 0 aromatic heterocycles. The molecule has 1 aromatic rings. The maximum atomic E-state index is 10.6. The lowest BCUT2D eigenvalue weighted by Gasteiger charge is -2.11. The highest BCUT2D eigenvalue weighted by molar-refractivity contribution is 7.36. The third-order valence-corrected chi connectivity index (χ3v) is 2.10. The first-order chi connectivity index (χ1) is 6.61. The Labute approximate surface area is 80.8 Å². The Morgan fingerprint density at radius 3 is 2.43 bits per heavy atom. The van der Waals surface area contributed by atoms with Crippen molar-refractivity contribution in [3.05, 3.63) is 35.2 Å². The molecule has 6 nitrogen and oxygen atoms in total. The minimum Gasteiger partial charge on any atom is -0.800 e. The predicted octanol–water partition coefficient (Wildman–Crippen LogP) is 0.369. The van der Waals surface area contributed by atoms with E-state index >= 15 is 0 Å². The Kier molecular flexibility index (Phi) is 3.62. The lowest BCUT2D eigenvalue weighted by Crippen LogP contribution is -2.31. The van der Waals surface area contributed by atoms with Crippen LogP contribution in [-0.2, 0) is 4.57 Å². The van der Waals surface area contributed by atoms with Crippen molar-refractivity contribution in [3.63, 3.8) is 0 Å². The van der Waals surface area contributed by atoms with Crippen molar-refractivity contribution in [2.24, 2.45) is 0 Å². The molecule has 1 unspecified atom stereocenters. The molecule has 0 saturated carbocycles. The molecule has 0 saturated heterocycles. The molecule has 1 rings (SSSR count). The number of nitrogens with zero attached hydrogens (tertiary/aromatic N) is 2. The van der Waals surface area contributed by atoms with Gasteiger partial charge in [-0.2, -0.15) is 0 Å². The summed E-state index contributed by atoms with van der Waals surface area (Å²) < 4.78 is 10.4. The summed E-state index contributed by atoms with van der Waals surface area (Å²) in [7, 11) is -3.10. The van der Waals surface area contributed by atoms with Gasteiger partial charge in [-0.05, 0) is 12.1 Å².